The lowest BCUT2D eigenvalue weighted by Gasteiger charge is -2.33. The lowest BCUT2D eigenvalue weighted by Crippen LogP contribution is -2.45. The molecule has 0 bridgehead atoms. The second-order valence-electron chi connectivity index (χ2n) is 6.26. The summed E-state index contributed by atoms with van der Waals surface area (Å²) in [7, 11) is 1.54. The molecule has 1 amide bonds. The number of amides is 1. The van der Waals surface area contributed by atoms with Gasteiger partial charge in [0.15, 0.2) is 0 Å². The van der Waals surface area contributed by atoms with Gasteiger partial charge in [-0.3, -0.25) is 4.79 Å². The number of pyridine rings is 1. The number of nitrogens with zero attached hydrogens (tertiary/aromatic N) is 4. The van der Waals surface area contributed by atoms with Crippen LogP contribution in [0.2, 0.25) is 0 Å². The summed E-state index contributed by atoms with van der Waals surface area (Å²) in [4.78, 5) is 30.5. The standard InChI is InChI=1S/C18H20N6O2/c1-26-15-10-12(2-6-19-15)18(25)23-13-4-8-24(9-5-13)17-14-3-7-20-16(14)21-11-22-17/h2-3,6-7,10-11,13H,4-5,8-9H2,1H3,(H,23,25)(H,20,21,22). The van der Waals surface area contributed by atoms with Crippen LogP contribution in [0.5, 0.6) is 5.88 Å². The number of fused-ring (bicyclic) bond motifs is 1. The van der Waals surface area contributed by atoms with E-state index in [0.717, 1.165) is 42.8 Å². The van der Waals surface area contributed by atoms with Crippen molar-refractivity contribution in [1.29, 1.82) is 0 Å². The van der Waals surface area contributed by atoms with Gasteiger partial charge in [0.05, 0.1) is 12.5 Å². The highest BCUT2D eigenvalue weighted by Gasteiger charge is 2.23. The third-order valence-corrected chi connectivity index (χ3v) is 4.67. The number of methoxy groups -OCH3 is 1. The van der Waals surface area contributed by atoms with E-state index in [4.69, 9.17) is 4.74 Å². The Morgan fingerprint density at radius 1 is 1.27 bits per heavy atom. The van der Waals surface area contributed by atoms with Gasteiger partial charge in [0.25, 0.3) is 5.91 Å². The van der Waals surface area contributed by atoms with Crippen molar-refractivity contribution in [2.24, 2.45) is 0 Å². The molecule has 8 heteroatoms. The van der Waals surface area contributed by atoms with Crippen molar-refractivity contribution < 1.29 is 9.53 Å². The fourth-order valence-corrected chi connectivity index (χ4v) is 3.28. The van der Waals surface area contributed by atoms with Crippen LogP contribution >= 0.6 is 0 Å². The third-order valence-electron chi connectivity index (χ3n) is 4.67. The van der Waals surface area contributed by atoms with E-state index in [-0.39, 0.29) is 11.9 Å². The average molecular weight is 352 g/mol. The molecule has 3 aromatic heterocycles. The number of hydrogen-bond acceptors (Lipinski definition) is 6. The summed E-state index contributed by atoms with van der Waals surface area (Å²) in [6.45, 7) is 1.67. The van der Waals surface area contributed by atoms with E-state index in [1.165, 1.54) is 7.11 Å². The monoisotopic (exact) mass is 352 g/mol. The number of carbonyl (C=O) groups is 1. The van der Waals surface area contributed by atoms with Gasteiger partial charge in [0.2, 0.25) is 5.88 Å². The fraction of sp³-hybridized carbons (Fsp3) is 0.333. The van der Waals surface area contributed by atoms with Crippen molar-refractivity contribution >= 4 is 22.8 Å². The summed E-state index contributed by atoms with van der Waals surface area (Å²) in [6.07, 6.45) is 6.76. The number of piperidine rings is 1. The summed E-state index contributed by atoms with van der Waals surface area (Å²) in [5.41, 5.74) is 1.40. The molecule has 2 N–H and O–H groups in total. The van der Waals surface area contributed by atoms with Gasteiger partial charge < -0.3 is 19.9 Å². The van der Waals surface area contributed by atoms with Crippen LogP contribution in [0.4, 0.5) is 5.82 Å². The minimum Gasteiger partial charge on any atom is -0.481 e. The maximum absolute atomic E-state index is 12.4. The molecule has 4 rings (SSSR count). The summed E-state index contributed by atoms with van der Waals surface area (Å²) < 4.78 is 5.07. The molecular weight excluding hydrogens is 332 g/mol. The highest BCUT2D eigenvalue weighted by molar-refractivity contribution is 5.94. The van der Waals surface area contributed by atoms with Crippen molar-refractivity contribution in [2.45, 2.75) is 18.9 Å². The quantitative estimate of drug-likeness (QED) is 0.743. The normalized spacial score (nSPS) is 15.2. The smallest absolute Gasteiger partial charge is 0.251 e. The van der Waals surface area contributed by atoms with Crippen LogP contribution < -0.4 is 15.0 Å². The molecule has 1 aliphatic heterocycles. The van der Waals surface area contributed by atoms with E-state index < -0.39 is 0 Å². The molecule has 134 valence electrons. The molecule has 3 aromatic rings. The zero-order chi connectivity index (χ0) is 17.9. The first-order valence-electron chi connectivity index (χ1n) is 8.58. The second kappa shape index (κ2) is 6.99. The number of ether oxygens (including phenoxy) is 1. The van der Waals surface area contributed by atoms with E-state index in [1.807, 2.05) is 12.3 Å². The largest absolute Gasteiger partial charge is 0.481 e. The molecule has 0 aliphatic carbocycles. The number of aromatic nitrogens is 4. The van der Waals surface area contributed by atoms with Crippen LogP contribution in [0.25, 0.3) is 11.0 Å². The van der Waals surface area contributed by atoms with Crippen molar-refractivity contribution in [1.82, 2.24) is 25.3 Å². The fourth-order valence-electron chi connectivity index (χ4n) is 3.28. The van der Waals surface area contributed by atoms with E-state index >= 15 is 0 Å². The molecule has 1 aliphatic rings. The van der Waals surface area contributed by atoms with Crippen molar-refractivity contribution in [3.05, 3.63) is 42.5 Å². The molecule has 8 nitrogen and oxygen atoms in total. The lowest BCUT2D eigenvalue weighted by atomic mass is 10.0. The van der Waals surface area contributed by atoms with Crippen molar-refractivity contribution in [3.63, 3.8) is 0 Å². The maximum atomic E-state index is 12.4. The minimum absolute atomic E-state index is 0.0980. The van der Waals surface area contributed by atoms with E-state index in [0.29, 0.717) is 11.4 Å². The van der Waals surface area contributed by atoms with Crippen LogP contribution in [0, 0.1) is 0 Å². The molecule has 1 saturated heterocycles. The van der Waals surface area contributed by atoms with Gasteiger partial charge in [-0.2, -0.15) is 0 Å². The molecule has 0 spiro atoms. The number of rotatable bonds is 4. The highest BCUT2D eigenvalue weighted by atomic mass is 16.5. The molecular formula is C18H20N6O2. The third kappa shape index (κ3) is 3.17. The molecule has 1 fully saturated rings. The summed E-state index contributed by atoms with van der Waals surface area (Å²) >= 11 is 0. The molecule has 0 unspecified atom stereocenters. The van der Waals surface area contributed by atoms with Gasteiger partial charge in [-0.05, 0) is 25.0 Å². The van der Waals surface area contributed by atoms with Crippen LogP contribution in [0.15, 0.2) is 36.9 Å². The zero-order valence-electron chi connectivity index (χ0n) is 14.5. The van der Waals surface area contributed by atoms with Gasteiger partial charge in [-0.1, -0.05) is 0 Å². The first-order chi connectivity index (χ1) is 12.7. The number of anilines is 1. The topological polar surface area (TPSA) is 96.0 Å². The number of hydrogen-bond donors (Lipinski definition) is 2. The number of carbonyl (C=O) groups excluding carboxylic acids is 1. The Bertz CT molecular complexity index is 917. The van der Waals surface area contributed by atoms with Crippen molar-refractivity contribution in [3.8, 4) is 5.88 Å². The Hall–Kier alpha value is -3.16. The summed E-state index contributed by atoms with van der Waals surface area (Å²) in [5.74, 6) is 1.28. The van der Waals surface area contributed by atoms with E-state index in [9.17, 15) is 4.79 Å². The Morgan fingerprint density at radius 3 is 2.92 bits per heavy atom. The number of aromatic amines is 1. The number of H-pyrrole nitrogens is 1. The Labute approximate surface area is 150 Å². The van der Waals surface area contributed by atoms with Crippen LogP contribution in [0.3, 0.4) is 0 Å². The molecule has 0 atom stereocenters. The highest BCUT2D eigenvalue weighted by Crippen LogP contribution is 2.25. The van der Waals surface area contributed by atoms with E-state index in [2.05, 4.69) is 30.2 Å². The SMILES string of the molecule is COc1cc(C(=O)NC2CCN(c3ncnc4[nH]ccc34)CC2)ccn1. The van der Waals surface area contributed by atoms with Crippen LogP contribution in [-0.2, 0) is 0 Å². The van der Waals surface area contributed by atoms with E-state index in [1.54, 1.807) is 24.7 Å². The van der Waals surface area contributed by atoms with Crippen molar-refractivity contribution in [2.75, 3.05) is 25.1 Å². The Morgan fingerprint density at radius 2 is 2.12 bits per heavy atom. The summed E-state index contributed by atoms with van der Waals surface area (Å²) in [6, 6.07) is 5.47. The minimum atomic E-state index is -0.0980. The van der Waals surface area contributed by atoms with Crippen LogP contribution in [-0.4, -0.2) is 52.1 Å². The predicted octanol–water partition coefficient (Wildman–Crippen LogP) is 1.76. The van der Waals surface area contributed by atoms with Gasteiger partial charge >= 0.3 is 0 Å². The number of nitrogens with one attached hydrogen (secondary N) is 2. The molecule has 4 heterocycles. The Balaban J connectivity index is 1.39. The van der Waals surface area contributed by atoms with Gasteiger partial charge in [-0.25, -0.2) is 15.0 Å². The zero-order valence-corrected chi connectivity index (χ0v) is 14.5. The lowest BCUT2D eigenvalue weighted by molar-refractivity contribution is 0.0930. The van der Waals surface area contributed by atoms with Gasteiger partial charge in [-0.15, -0.1) is 0 Å². The molecule has 0 saturated carbocycles. The van der Waals surface area contributed by atoms with Crippen LogP contribution in [0.1, 0.15) is 23.2 Å². The molecule has 0 radical (unpaired) electrons. The maximum Gasteiger partial charge on any atom is 0.251 e. The first-order valence-corrected chi connectivity index (χ1v) is 8.58. The van der Waals surface area contributed by atoms with Gasteiger partial charge in [0, 0.05) is 43.2 Å². The first kappa shape index (κ1) is 16.3. The summed E-state index contributed by atoms with van der Waals surface area (Å²) in [5, 5.41) is 4.13. The predicted molar refractivity (Wildman–Crippen MR) is 97.4 cm³/mol. The average Bonchev–Trinajstić information content (AvgIpc) is 3.17. The second-order valence-corrected chi connectivity index (χ2v) is 6.26. The Kier molecular flexibility index (Phi) is 4.39. The molecule has 26 heavy (non-hydrogen) atoms. The molecule has 0 aromatic carbocycles. The van der Waals surface area contributed by atoms with Gasteiger partial charge in [0.1, 0.15) is 17.8 Å².